The third-order valence-corrected chi connectivity index (χ3v) is 6.79. The predicted octanol–water partition coefficient (Wildman–Crippen LogP) is 0.874. The third kappa shape index (κ3) is 4.63. The first-order valence-corrected chi connectivity index (χ1v) is 11.0. The first kappa shape index (κ1) is 19.3. The maximum Gasteiger partial charge on any atom is 0.227 e. The van der Waals surface area contributed by atoms with Gasteiger partial charge in [0.05, 0.1) is 19.0 Å². The van der Waals surface area contributed by atoms with Crippen LogP contribution in [0.3, 0.4) is 0 Å². The molecular weight excluding hydrogens is 354 g/mol. The number of ether oxygens (including phenoxy) is 1. The molecule has 2 saturated heterocycles. The van der Waals surface area contributed by atoms with Crippen molar-refractivity contribution < 1.29 is 13.2 Å². The Hall–Kier alpha value is -1.45. The zero-order chi connectivity index (χ0) is 18.6. The summed E-state index contributed by atoms with van der Waals surface area (Å²) in [5.41, 5.74) is 0.925. The fraction of sp³-hybridized carbons (Fsp3) is 0.765. The minimum Gasteiger partial charge on any atom is -0.378 e. The van der Waals surface area contributed by atoms with Gasteiger partial charge in [0.15, 0.2) is 0 Å². The summed E-state index contributed by atoms with van der Waals surface area (Å²) in [6.45, 7) is 9.31. The number of aromatic nitrogens is 2. The van der Waals surface area contributed by atoms with Gasteiger partial charge < -0.3 is 14.5 Å². The van der Waals surface area contributed by atoms with Gasteiger partial charge in [0, 0.05) is 51.0 Å². The van der Waals surface area contributed by atoms with Crippen molar-refractivity contribution in [3.05, 3.63) is 11.8 Å². The van der Waals surface area contributed by atoms with Crippen molar-refractivity contribution in [2.75, 3.05) is 68.0 Å². The van der Waals surface area contributed by atoms with Crippen molar-refractivity contribution in [1.82, 2.24) is 14.3 Å². The van der Waals surface area contributed by atoms with E-state index in [1.165, 1.54) is 0 Å². The van der Waals surface area contributed by atoms with Crippen LogP contribution in [0.15, 0.2) is 6.07 Å². The average Bonchev–Trinajstić information content (AvgIpc) is 2.67. The number of rotatable bonds is 6. The molecule has 3 rings (SSSR count). The van der Waals surface area contributed by atoms with Crippen molar-refractivity contribution in [2.24, 2.45) is 0 Å². The highest BCUT2D eigenvalue weighted by Gasteiger charge is 2.28. The van der Waals surface area contributed by atoms with Gasteiger partial charge in [0.2, 0.25) is 16.0 Å². The Labute approximate surface area is 156 Å². The van der Waals surface area contributed by atoms with Crippen molar-refractivity contribution in [3.8, 4) is 0 Å². The molecule has 0 aromatic carbocycles. The second-order valence-electron chi connectivity index (χ2n) is 6.82. The average molecular weight is 384 g/mol. The van der Waals surface area contributed by atoms with Gasteiger partial charge in [-0.05, 0) is 13.3 Å². The number of hydrogen-bond acceptors (Lipinski definition) is 7. The molecule has 8 nitrogen and oxygen atoms in total. The number of hydrogen-bond donors (Lipinski definition) is 0. The van der Waals surface area contributed by atoms with Crippen molar-refractivity contribution >= 4 is 21.8 Å². The number of anilines is 2. The summed E-state index contributed by atoms with van der Waals surface area (Å²) >= 11 is 0. The van der Waals surface area contributed by atoms with E-state index in [1.54, 1.807) is 4.31 Å². The van der Waals surface area contributed by atoms with Gasteiger partial charge >= 0.3 is 0 Å². The second-order valence-corrected chi connectivity index (χ2v) is 8.91. The Balaban J connectivity index is 1.66. The van der Waals surface area contributed by atoms with E-state index in [2.05, 4.69) is 14.8 Å². The van der Waals surface area contributed by atoms with Crippen molar-refractivity contribution in [2.45, 2.75) is 26.7 Å². The van der Waals surface area contributed by atoms with E-state index in [9.17, 15) is 8.42 Å². The lowest BCUT2D eigenvalue weighted by atomic mass is 10.3. The summed E-state index contributed by atoms with van der Waals surface area (Å²) in [6.07, 6.45) is 1.60. The molecular formula is C17H29N5O3S. The smallest absolute Gasteiger partial charge is 0.227 e. The first-order chi connectivity index (χ1) is 12.5. The molecule has 0 atom stereocenters. The lowest BCUT2D eigenvalue weighted by molar-refractivity contribution is 0.122. The molecule has 0 spiro atoms. The van der Waals surface area contributed by atoms with Crippen molar-refractivity contribution in [3.63, 3.8) is 0 Å². The van der Waals surface area contributed by atoms with Crippen LogP contribution < -0.4 is 9.80 Å². The molecule has 0 unspecified atom stereocenters. The Morgan fingerprint density at radius 2 is 1.73 bits per heavy atom. The summed E-state index contributed by atoms with van der Waals surface area (Å²) in [6, 6.07) is 2.00. The maximum absolute atomic E-state index is 12.4. The van der Waals surface area contributed by atoms with E-state index in [4.69, 9.17) is 9.72 Å². The van der Waals surface area contributed by atoms with Crippen LogP contribution in [0.5, 0.6) is 0 Å². The molecule has 0 radical (unpaired) electrons. The maximum atomic E-state index is 12.4. The molecule has 0 amide bonds. The molecule has 1 aromatic rings. The highest BCUT2D eigenvalue weighted by Crippen LogP contribution is 2.20. The molecule has 1 aromatic heterocycles. The predicted molar refractivity (Wildman–Crippen MR) is 102 cm³/mol. The van der Waals surface area contributed by atoms with Crippen LogP contribution in [-0.2, 0) is 14.8 Å². The minimum absolute atomic E-state index is 0.242. The SMILES string of the molecule is CCCCS(=O)(=O)N1CCN(c2nc(C)cc(N3CCOCC3)n2)CC1. The van der Waals surface area contributed by atoms with Crippen LogP contribution in [0.25, 0.3) is 0 Å². The van der Waals surface area contributed by atoms with E-state index in [0.29, 0.717) is 51.8 Å². The summed E-state index contributed by atoms with van der Waals surface area (Å²) < 4.78 is 31.7. The fourth-order valence-electron chi connectivity index (χ4n) is 3.25. The molecule has 0 aliphatic carbocycles. The van der Waals surface area contributed by atoms with Crippen LogP contribution in [0, 0.1) is 6.92 Å². The van der Waals surface area contributed by atoms with E-state index in [1.807, 2.05) is 19.9 Å². The molecule has 146 valence electrons. The molecule has 26 heavy (non-hydrogen) atoms. The minimum atomic E-state index is -3.14. The molecule has 0 saturated carbocycles. The lowest BCUT2D eigenvalue weighted by Crippen LogP contribution is -2.50. The highest BCUT2D eigenvalue weighted by atomic mass is 32.2. The van der Waals surface area contributed by atoms with Crippen LogP contribution in [0.4, 0.5) is 11.8 Å². The largest absolute Gasteiger partial charge is 0.378 e. The zero-order valence-electron chi connectivity index (χ0n) is 15.7. The Morgan fingerprint density at radius 3 is 2.38 bits per heavy atom. The monoisotopic (exact) mass is 383 g/mol. The van der Waals surface area contributed by atoms with Gasteiger partial charge in [-0.3, -0.25) is 0 Å². The molecule has 2 aliphatic heterocycles. The number of unbranched alkanes of at least 4 members (excludes halogenated alkanes) is 1. The van der Waals surface area contributed by atoms with E-state index >= 15 is 0 Å². The van der Waals surface area contributed by atoms with E-state index in [-0.39, 0.29) is 5.75 Å². The first-order valence-electron chi connectivity index (χ1n) is 9.41. The van der Waals surface area contributed by atoms with Crippen LogP contribution in [-0.4, -0.2) is 80.9 Å². The number of piperazine rings is 1. The van der Waals surface area contributed by atoms with Gasteiger partial charge in [-0.25, -0.2) is 13.4 Å². The molecule has 3 heterocycles. The number of morpholine rings is 1. The number of aryl methyl sites for hydroxylation is 1. The Bertz CT molecular complexity index is 698. The zero-order valence-corrected chi connectivity index (χ0v) is 16.5. The number of nitrogens with zero attached hydrogens (tertiary/aromatic N) is 5. The summed E-state index contributed by atoms with van der Waals surface area (Å²) in [4.78, 5) is 13.6. The topological polar surface area (TPSA) is 78.9 Å². The molecule has 0 bridgehead atoms. The van der Waals surface area contributed by atoms with Crippen LogP contribution in [0.2, 0.25) is 0 Å². The molecule has 0 N–H and O–H groups in total. The number of sulfonamides is 1. The van der Waals surface area contributed by atoms with Gasteiger partial charge in [-0.2, -0.15) is 9.29 Å². The standard InChI is InChI=1S/C17H29N5O3S/c1-3-4-13-26(23,24)22-7-5-21(6-8-22)17-18-15(2)14-16(19-17)20-9-11-25-12-10-20/h14H,3-13H2,1-2H3. The molecule has 2 aliphatic rings. The van der Waals surface area contributed by atoms with E-state index in [0.717, 1.165) is 31.0 Å². The normalized spacial score (nSPS) is 19.8. The quantitative estimate of drug-likeness (QED) is 0.721. The molecule has 9 heteroatoms. The third-order valence-electron chi connectivity index (χ3n) is 4.83. The van der Waals surface area contributed by atoms with E-state index < -0.39 is 10.0 Å². The summed E-state index contributed by atoms with van der Waals surface area (Å²) in [5.74, 6) is 1.86. The van der Waals surface area contributed by atoms with Gasteiger partial charge in [-0.1, -0.05) is 13.3 Å². The van der Waals surface area contributed by atoms with Gasteiger partial charge in [0.1, 0.15) is 5.82 Å². The highest BCUT2D eigenvalue weighted by molar-refractivity contribution is 7.89. The Kier molecular flexibility index (Phi) is 6.31. The fourth-order valence-corrected chi connectivity index (χ4v) is 4.89. The second kappa shape index (κ2) is 8.49. The lowest BCUT2D eigenvalue weighted by Gasteiger charge is -2.35. The van der Waals surface area contributed by atoms with Crippen LogP contribution >= 0.6 is 0 Å². The van der Waals surface area contributed by atoms with Crippen molar-refractivity contribution in [1.29, 1.82) is 0 Å². The summed E-state index contributed by atoms with van der Waals surface area (Å²) in [5, 5.41) is 0. The van der Waals surface area contributed by atoms with Gasteiger partial charge in [0.25, 0.3) is 0 Å². The molecule has 2 fully saturated rings. The van der Waals surface area contributed by atoms with Gasteiger partial charge in [-0.15, -0.1) is 0 Å². The summed E-state index contributed by atoms with van der Waals surface area (Å²) in [7, 11) is -3.14. The Morgan fingerprint density at radius 1 is 1.04 bits per heavy atom. The van der Waals surface area contributed by atoms with Crippen LogP contribution in [0.1, 0.15) is 25.5 Å².